The molecular weight excluding hydrogens is 456 g/mol. The second-order valence-corrected chi connectivity index (χ2v) is 8.60. The molecule has 186 valence electrons. The lowest BCUT2D eigenvalue weighted by atomic mass is 10.1. The molecule has 0 spiro atoms. The summed E-state index contributed by atoms with van der Waals surface area (Å²) in [6.45, 7) is 1.33. The molecule has 36 heavy (non-hydrogen) atoms. The number of carbonyl (C=O) groups is 3. The van der Waals surface area contributed by atoms with Gasteiger partial charge in [-0.3, -0.25) is 14.4 Å². The molecule has 0 saturated carbocycles. The van der Waals surface area contributed by atoms with Crippen LogP contribution >= 0.6 is 0 Å². The molecule has 0 bridgehead atoms. The van der Waals surface area contributed by atoms with Gasteiger partial charge in [0.25, 0.3) is 11.8 Å². The summed E-state index contributed by atoms with van der Waals surface area (Å²) in [5, 5.41) is 8.75. The normalized spacial score (nSPS) is 14.6. The van der Waals surface area contributed by atoms with Crippen LogP contribution in [0.15, 0.2) is 78.9 Å². The van der Waals surface area contributed by atoms with Crippen molar-refractivity contribution in [2.75, 3.05) is 42.3 Å². The first kappa shape index (κ1) is 24.9. The molecule has 3 N–H and O–H groups in total. The van der Waals surface area contributed by atoms with E-state index < -0.39 is 0 Å². The molecule has 1 fully saturated rings. The monoisotopic (exact) mass is 486 g/mol. The molecule has 3 aromatic carbocycles. The number of rotatable bonds is 9. The number of anilines is 3. The Hall–Kier alpha value is -4.17. The fourth-order valence-corrected chi connectivity index (χ4v) is 3.90. The Kier molecular flexibility index (Phi) is 8.31. The van der Waals surface area contributed by atoms with Gasteiger partial charge in [0.15, 0.2) is 0 Å². The minimum atomic E-state index is -0.228. The van der Waals surface area contributed by atoms with Crippen LogP contribution in [0.2, 0.25) is 0 Å². The fraction of sp³-hybridized carbons (Fsp3) is 0.250. The van der Waals surface area contributed by atoms with Crippen LogP contribution in [-0.2, 0) is 9.53 Å². The highest BCUT2D eigenvalue weighted by Gasteiger charge is 2.17. The third-order valence-corrected chi connectivity index (χ3v) is 5.98. The predicted molar refractivity (Wildman–Crippen MR) is 140 cm³/mol. The van der Waals surface area contributed by atoms with E-state index in [9.17, 15) is 14.4 Å². The number of hydrogen-bond donors (Lipinski definition) is 3. The molecule has 8 heteroatoms. The molecule has 3 aromatic rings. The summed E-state index contributed by atoms with van der Waals surface area (Å²) in [7, 11) is 1.73. The van der Waals surface area contributed by atoms with Crippen molar-refractivity contribution in [1.29, 1.82) is 0 Å². The molecule has 0 radical (unpaired) electrons. The molecule has 3 amide bonds. The number of hydrogen-bond acceptors (Lipinski definition) is 5. The largest absolute Gasteiger partial charge is 0.376 e. The van der Waals surface area contributed by atoms with Crippen LogP contribution in [0.5, 0.6) is 0 Å². The minimum absolute atomic E-state index is 0.0575. The summed E-state index contributed by atoms with van der Waals surface area (Å²) < 4.78 is 5.52. The van der Waals surface area contributed by atoms with E-state index in [2.05, 4.69) is 16.0 Å². The van der Waals surface area contributed by atoms with E-state index in [4.69, 9.17) is 4.74 Å². The van der Waals surface area contributed by atoms with Crippen LogP contribution in [0.4, 0.5) is 17.1 Å². The van der Waals surface area contributed by atoms with Crippen LogP contribution in [0.1, 0.15) is 33.6 Å². The van der Waals surface area contributed by atoms with Gasteiger partial charge in [0.05, 0.1) is 12.6 Å². The van der Waals surface area contributed by atoms with E-state index >= 15 is 0 Å². The summed E-state index contributed by atoms with van der Waals surface area (Å²) in [5.41, 5.74) is 3.20. The van der Waals surface area contributed by atoms with Crippen molar-refractivity contribution in [1.82, 2.24) is 5.32 Å². The minimum Gasteiger partial charge on any atom is -0.376 e. The second-order valence-electron chi connectivity index (χ2n) is 8.60. The topological polar surface area (TPSA) is 99.8 Å². The van der Waals surface area contributed by atoms with Crippen molar-refractivity contribution in [2.45, 2.75) is 18.9 Å². The third kappa shape index (κ3) is 6.70. The van der Waals surface area contributed by atoms with Crippen LogP contribution in [0.25, 0.3) is 0 Å². The maximum absolute atomic E-state index is 12.7. The highest BCUT2D eigenvalue weighted by Crippen LogP contribution is 2.17. The number of carbonyl (C=O) groups excluding carboxylic acids is 3. The van der Waals surface area contributed by atoms with E-state index in [1.165, 1.54) is 0 Å². The Bertz CT molecular complexity index is 1170. The van der Waals surface area contributed by atoms with Crippen LogP contribution < -0.4 is 20.9 Å². The highest BCUT2D eigenvalue weighted by atomic mass is 16.5. The van der Waals surface area contributed by atoms with E-state index in [-0.39, 0.29) is 30.4 Å². The SMILES string of the molecule is CN(C(=O)c1ccc(NC(=O)CNc2ccc(C(=O)NCC3CCCO3)cc2)cc1)c1ccccc1. The van der Waals surface area contributed by atoms with Gasteiger partial charge in [0.1, 0.15) is 0 Å². The first-order valence-electron chi connectivity index (χ1n) is 12.0. The van der Waals surface area contributed by atoms with Gasteiger partial charge in [0.2, 0.25) is 5.91 Å². The molecular formula is C28H30N4O4. The summed E-state index contributed by atoms with van der Waals surface area (Å²) in [6, 6.07) is 23.1. The summed E-state index contributed by atoms with van der Waals surface area (Å²) in [4.78, 5) is 38.9. The predicted octanol–water partition coefficient (Wildman–Crippen LogP) is 3.92. The summed E-state index contributed by atoms with van der Waals surface area (Å²) in [6.07, 6.45) is 2.10. The van der Waals surface area contributed by atoms with Crippen molar-refractivity contribution in [3.05, 3.63) is 90.0 Å². The van der Waals surface area contributed by atoms with Gasteiger partial charge >= 0.3 is 0 Å². The number of ether oxygens (including phenoxy) is 1. The zero-order valence-electron chi connectivity index (χ0n) is 20.2. The fourth-order valence-electron chi connectivity index (χ4n) is 3.90. The van der Waals surface area contributed by atoms with Crippen molar-refractivity contribution < 1.29 is 19.1 Å². The van der Waals surface area contributed by atoms with Crippen LogP contribution in [0, 0.1) is 0 Å². The van der Waals surface area contributed by atoms with Crippen molar-refractivity contribution in [3.63, 3.8) is 0 Å². The lowest BCUT2D eigenvalue weighted by Crippen LogP contribution is -2.31. The zero-order chi connectivity index (χ0) is 25.3. The Labute approximate surface area is 210 Å². The first-order valence-corrected chi connectivity index (χ1v) is 12.0. The number of nitrogens with one attached hydrogen (secondary N) is 3. The maximum Gasteiger partial charge on any atom is 0.258 e. The highest BCUT2D eigenvalue weighted by molar-refractivity contribution is 6.06. The van der Waals surface area contributed by atoms with Crippen molar-refractivity contribution in [3.8, 4) is 0 Å². The Balaban J connectivity index is 1.22. The van der Waals surface area contributed by atoms with Gasteiger partial charge in [-0.05, 0) is 73.5 Å². The van der Waals surface area contributed by atoms with E-state index in [1.54, 1.807) is 60.5 Å². The Morgan fingerprint density at radius 2 is 1.56 bits per heavy atom. The van der Waals surface area contributed by atoms with Crippen molar-refractivity contribution >= 4 is 34.8 Å². The molecule has 1 unspecified atom stereocenters. The smallest absolute Gasteiger partial charge is 0.258 e. The van der Waals surface area contributed by atoms with Gasteiger partial charge in [0, 0.05) is 48.4 Å². The third-order valence-electron chi connectivity index (χ3n) is 5.98. The lowest BCUT2D eigenvalue weighted by Gasteiger charge is -2.17. The summed E-state index contributed by atoms with van der Waals surface area (Å²) >= 11 is 0. The number of nitrogens with zero attached hydrogens (tertiary/aromatic N) is 1. The molecule has 4 rings (SSSR count). The lowest BCUT2D eigenvalue weighted by molar-refractivity contribution is -0.114. The average molecular weight is 487 g/mol. The van der Waals surface area contributed by atoms with Crippen LogP contribution in [0.3, 0.4) is 0 Å². The van der Waals surface area contributed by atoms with E-state index in [0.717, 1.165) is 30.8 Å². The number of benzene rings is 3. The molecule has 8 nitrogen and oxygen atoms in total. The van der Waals surface area contributed by atoms with Gasteiger partial charge in [-0.25, -0.2) is 0 Å². The second kappa shape index (κ2) is 12.0. The molecule has 1 saturated heterocycles. The zero-order valence-corrected chi connectivity index (χ0v) is 20.2. The van der Waals surface area contributed by atoms with Gasteiger partial charge in [-0.15, -0.1) is 0 Å². The Morgan fingerprint density at radius 1 is 0.889 bits per heavy atom. The van der Waals surface area contributed by atoms with Gasteiger partial charge in [-0.2, -0.15) is 0 Å². The maximum atomic E-state index is 12.7. The van der Waals surface area contributed by atoms with Gasteiger partial charge < -0.3 is 25.6 Å². The molecule has 1 heterocycles. The average Bonchev–Trinajstić information content (AvgIpc) is 3.45. The Morgan fingerprint density at radius 3 is 2.22 bits per heavy atom. The van der Waals surface area contributed by atoms with Crippen molar-refractivity contribution in [2.24, 2.45) is 0 Å². The molecule has 0 aliphatic carbocycles. The molecule has 1 aliphatic heterocycles. The molecule has 0 aromatic heterocycles. The molecule has 1 aliphatic rings. The number of amides is 3. The standard InChI is InChI=1S/C28H30N4O4/c1-32(24-6-3-2-4-7-24)28(35)21-11-15-23(16-12-21)31-26(33)19-29-22-13-9-20(10-14-22)27(34)30-18-25-8-5-17-36-25/h2-4,6-7,9-16,25,29H,5,8,17-19H2,1H3,(H,30,34)(H,31,33). The number of para-hydroxylation sites is 1. The van der Waals surface area contributed by atoms with Gasteiger partial charge in [-0.1, -0.05) is 18.2 Å². The quantitative estimate of drug-likeness (QED) is 0.426. The van der Waals surface area contributed by atoms with E-state index in [1.807, 2.05) is 30.3 Å². The van der Waals surface area contributed by atoms with E-state index in [0.29, 0.717) is 23.4 Å². The van der Waals surface area contributed by atoms with Crippen LogP contribution in [-0.4, -0.2) is 50.6 Å². The first-order chi connectivity index (χ1) is 17.5. The molecule has 1 atom stereocenters. The summed E-state index contributed by atoms with van der Waals surface area (Å²) in [5.74, 6) is -0.509.